The predicted octanol–water partition coefficient (Wildman–Crippen LogP) is 1.40. The quantitative estimate of drug-likeness (QED) is 0.803. The summed E-state index contributed by atoms with van der Waals surface area (Å²) in [7, 11) is 3.93. The highest BCUT2D eigenvalue weighted by molar-refractivity contribution is 5.68. The van der Waals surface area contributed by atoms with Gasteiger partial charge in [-0.2, -0.15) is 5.26 Å². The van der Waals surface area contributed by atoms with E-state index in [0.29, 0.717) is 18.7 Å². The van der Waals surface area contributed by atoms with Crippen molar-refractivity contribution in [2.75, 3.05) is 38.6 Å². The normalized spacial score (nSPS) is 10.2. The van der Waals surface area contributed by atoms with Crippen molar-refractivity contribution in [2.24, 2.45) is 0 Å². The molecule has 1 rings (SSSR count). The van der Waals surface area contributed by atoms with Crippen molar-refractivity contribution in [3.05, 3.63) is 29.8 Å². The SMILES string of the molecule is CN(C)CCN(CCC(=O)O)c1ccccc1C#N. The van der Waals surface area contributed by atoms with E-state index in [1.165, 1.54) is 0 Å². The fraction of sp³-hybridized carbons (Fsp3) is 0.429. The highest BCUT2D eigenvalue weighted by Crippen LogP contribution is 2.19. The van der Waals surface area contributed by atoms with Gasteiger partial charge in [0.25, 0.3) is 0 Å². The average molecular weight is 261 g/mol. The summed E-state index contributed by atoms with van der Waals surface area (Å²) in [5.74, 6) is -0.829. The van der Waals surface area contributed by atoms with Crippen molar-refractivity contribution >= 4 is 11.7 Å². The molecule has 0 aliphatic carbocycles. The van der Waals surface area contributed by atoms with Gasteiger partial charge in [-0.25, -0.2) is 0 Å². The summed E-state index contributed by atoms with van der Waals surface area (Å²) in [6.07, 6.45) is 0.0627. The van der Waals surface area contributed by atoms with Gasteiger partial charge in [0.15, 0.2) is 0 Å². The van der Waals surface area contributed by atoms with E-state index in [0.717, 1.165) is 12.2 Å². The molecule has 0 unspecified atom stereocenters. The van der Waals surface area contributed by atoms with Gasteiger partial charge in [0, 0.05) is 19.6 Å². The molecular formula is C14H19N3O2. The third kappa shape index (κ3) is 4.98. The minimum Gasteiger partial charge on any atom is -0.481 e. The minimum absolute atomic E-state index is 0.0627. The largest absolute Gasteiger partial charge is 0.481 e. The first-order chi connectivity index (χ1) is 9.04. The smallest absolute Gasteiger partial charge is 0.305 e. The van der Waals surface area contributed by atoms with Gasteiger partial charge in [-0.3, -0.25) is 4.79 Å². The van der Waals surface area contributed by atoms with E-state index in [9.17, 15) is 4.79 Å². The number of carbonyl (C=O) groups is 1. The Labute approximate surface area is 113 Å². The molecule has 0 bridgehead atoms. The van der Waals surface area contributed by atoms with Crippen molar-refractivity contribution in [3.8, 4) is 6.07 Å². The Morgan fingerprint density at radius 1 is 1.26 bits per heavy atom. The highest BCUT2D eigenvalue weighted by Gasteiger charge is 2.12. The Morgan fingerprint density at radius 2 is 1.95 bits per heavy atom. The molecule has 1 aromatic carbocycles. The van der Waals surface area contributed by atoms with Crippen molar-refractivity contribution in [1.82, 2.24) is 4.90 Å². The fourth-order valence-corrected chi connectivity index (χ4v) is 1.75. The zero-order valence-corrected chi connectivity index (χ0v) is 11.3. The molecular weight excluding hydrogens is 242 g/mol. The van der Waals surface area contributed by atoms with Crippen molar-refractivity contribution < 1.29 is 9.90 Å². The van der Waals surface area contributed by atoms with E-state index in [-0.39, 0.29) is 6.42 Å². The number of carboxylic acids is 1. The van der Waals surface area contributed by atoms with Crippen LogP contribution in [0.2, 0.25) is 0 Å². The standard InChI is InChI=1S/C14H19N3O2/c1-16(2)9-10-17(8-7-14(18)19)13-6-4-3-5-12(13)11-15/h3-6H,7-10H2,1-2H3,(H,18,19). The van der Waals surface area contributed by atoms with Crippen LogP contribution in [0.3, 0.4) is 0 Å². The van der Waals surface area contributed by atoms with Gasteiger partial charge in [0.1, 0.15) is 6.07 Å². The maximum absolute atomic E-state index is 10.7. The molecule has 1 N–H and O–H groups in total. The van der Waals surface area contributed by atoms with E-state index in [1.54, 1.807) is 6.07 Å². The molecule has 0 aliphatic rings. The second-order valence-electron chi connectivity index (χ2n) is 4.56. The molecule has 0 aliphatic heterocycles. The van der Waals surface area contributed by atoms with Crippen LogP contribution in [0.5, 0.6) is 0 Å². The zero-order chi connectivity index (χ0) is 14.3. The lowest BCUT2D eigenvalue weighted by atomic mass is 10.1. The predicted molar refractivity (Wildman–Crippen MR) is 74.2 cm³/mol. The summed E-state index contributed by atoms with van der Waals surface area (Å²) >= 11 is 0. The number of hydrogen-bond donors (Lipinski definition) is 1. The Morgan fingerprint density at radius 3 is 2.53 bits per heavy atom. The monoisotopic (exact) mass is 261 g/mol. The summed E-state index contributed by atoms with van der Waals surface area (Å²) in [5.41, 5.74) is 1.37. The van der Waals surface area contributed by atoms with Crippen LogP contribution in [0.4, 0.5) is 5.69 Å². The topological polar surface area (TPSA) is 67.6 Å². The van der Waals surface area contributed by atoms with E-state index in [2.05, 4.69) is 6.07 Å². The van der Waals surface area contributed by atoms with Gasteiger partial charge in [0.05, 0.1) is 17.7 Å². The van der Waals surface area contributed by atoms with E-state index in [4.69, 9.17) is 10.4 Å². The number of hydrogen-bond acceptors (Lipinski definition) is 4. The first-order valence-electron chi connectivity index (χ1n) is 6.15. The molecule has 0 amide bonds. The first-order valence-corrected chi connectivity index (χ1v) is 6.15. The van der Waals surface area contributed by atoms with Crippen molar-refractivity contribution in [2.45, 2.75) is 6.42 Å². The summed E-state index contributed by atoms with van der Waals surface area (Å²) in [6, 6.07) is 9.42. The molecule has 5 nitrogen and oxygen atoms in total. The third-order valence-corrected chi connectivity index (χ3v) is 2.78. The number of nitriles is 1. The van der Waals surface area contributed by atoms with Crippen molar-refractivity contribution in [1.29, 1.82) is 5.26 Å². The number of likely N-dealkylation sites (N-methyl/N-ethyl adjacent to an activating group) is 1. The summed E-state index contributed by atoms with van der Waals surface area (Å²) in [5, 5.41) is 17.9. The van der Waals surface area contributed by atoms with Crippen LogP contribution in [0.1, 0.15) is 12.0 Å². The Hall–Kier alpha value is -2.06. The van der Waals surface area contributed by atoms with Crippen LogP contribution >= 0.6 is 0 Å². The molecule has 5 heteroatoms. The van der Waals surface area contributed by atoms with E-state index in [1.807, 2.05) is 42.1 Å². The molecule has 0 saturated heterocycles. The third-order valence-electron chi connectivity index (χ3n) is 2.78. The van der Waals surface area contributed by atoms with Crippen LogP contribution in [-0.2, 0) is 4.79 Å². The maximum atomic E-state index is 10.7. The van der Waals surface area contributed by atoms with Gasteiger partial charge < -0.3 is 14.9 Å². The van der Waals surface area contributed by atoms with E-state index < -0.39 is 5.97 Å². The molecule has 0 saturated carbocycles. The second-order valence-corrected chi connectivity index (χ2v) is 4.56. The molecule has 0 heterocycles. The second kappa shape index (κ2) is 7.39. The summed E-state index contributed by atoms with van der Waals surface area (Å²) < 4.78 is 0. The summed E-state index contributed by atoms with van der Waals surface area (Å²) in [6.45, 7) is 1.90. The van der Waals surface area contributed by atoms with Gasteiger partial charge in [-0.1, -0.05) is 12.1 Å². The average Bonchev–Trinajstić information content (AvgIpc) is 2.38. The minimum atomic E-state index is -0.829. The van der Waals surface area contributed by atoms with Crippen LogP contribution < -0.4 is 4.90 Å². The molecule has 0 atom stereocenters. The van der Waals surface area contributed by atoms with Gasteiger partial charge in [-0.15, -0.1) is 0 Å². The molecule has 0 fully saturated rings. The number of anilines is 1. The first kappa shape index (κ1) is 15.0. The number of para-hydroxylation sites is 1. The number of nitrogens with zero attached hydrogens (tertiary/aromatic N) is 3. The Balaban J connectivity index is 2.87. The van der Waals surface area contributed by atoms with Gasteiger partial charge >= 0.3 is 5.97 Å². The van der Waals surface area contributed by atoms with Gasteiger partial charge in [0.2, 0.25) is 0 Å². The number of carboxylic acid groups (broad SMARTS) is 1. The molecule has 0 radical (unpaired) electrons. The molecule has 0 aromatic heterocycles. The van der Waals surface area contributed by atoms with Crippen LogP contribution in [-0.4, -0.2) is 49.7 Å². The fourth-order valence-electron chi connectivity index (χ4n) is 1.75. The zero-order valence-electron chi connectivity index (χ0n) is 11.3. The Kier molecular flexibility index (Phi) is 5.83. The Bertz CT molecular complexity index is 466. The highest BCUT2D eigenvalue weighted by atomic mass is 16.4. The van der Waals surface area contributed by atoms with Crippen LogP contribution in [0, 0.1) is 11.3 Å². The maximum Gasteiger partial charge on any atom is 0.305 e. The summed E-state index contributed by atoms with van der Waals surface area (Å²) in [4.78, 5) is 14.7. The lowest BCUT2D eigenvalue weighted by Gasteiger charge is -2.26. The molecule has 0 spiro atoms. The molecule has 102 valence electrons. The molecule has 19 heavy (non-hydrogen) atoms. The van der Waals surface area contributed by atoms with Crippen LogP contribution in [0.15, 0.2) is 24.3 Å². The van der Waals surface area contributed by atoms with E-state index >= 15 is 0 Å². The number of rotatable bonds is 7. The lowest BCUT2D eigenvalue weighted by Crippen LogP contribution is -2.33. The molecule has 1 aromatic rings. The van der Waals surface area contributed by atoms with Gasteiger partial charge in [-0.05, 0) is 26.2 Å². The van der Waals surface area contributed by atoms with Crippen molar-refractivity contribution in [3.63, 3.8) is 0 Å². The number of aliphatic carboxylic acids is 1. The number of benzene rings is 1. The lowest BCUT2D eigenvalue weighted by molar-refractivity contribution is -0.136. The van der Waals surface area contributed by atoms with Crippen LogP contribution in [0.25, 0.3) is 0 Å².